The normalized spacial score (nSPS) is 22.6. The molecule has 3 aliphatic rings. The van der Waals surface area contributed by atoms with Gasteiger partial charge < -0.3 is 20.0 Å². The van der Waals surface area contributed by atoms with E-state index in [-0.39, 0.29) is 29.7 Å². The number of hydrogen-bond acceptors (Lipinski definition) is 5. The number of nitrogens with zero attached hydrogens (tertiary/aromatic N) is 3. The van der Waals surface area contributed by atoms with Crippen LogP contribution < -0.4 is 5.32 Å². The fourth-order valence-corrected chi connectivity index (χ4v) is 5.74. The van der Waals surface area contributed by atoms with Crippen molar-refractivity contribution in [3.8, 4) is 0 Å². The minimum absolute atomic E-state index is 0.00924. The van der Waals surface area contributed by atoms with E-state index in [9.17, 15) is 14.4 Å². The highest BCUT2D eigenvalue weighted by molar-refractivity contribution is 7.12. The van der Waals surface area contributed by atoms with Gasteiger partial charge in [0, 0.05) is 45.2 Å². The molecule has 3 heterocycles. The second-order valence-electron chi connectivity index (χ2n) is 9.46. The number of rotatable bonds is 7. The van der Waals surface area contributed by atoms with Crippen LogP contribution in [0.15, 0.2) is 47.8 Å². The third kappa shape index (κ3) is 5.03. The summed E-state index contributed by atoms with van der Waals surface area (Å²) in [5, 5.41) is 5.20. The fourth-order valence-electron chi connectivity index (χ4n) is 5.06. The molecule has 0 radical (unpaired) electrons. The number of amides is 3. The molecule has 2 aromatic rings. The highest BCUT2D eigenvalue weighted by atomic mass is 32.1. The highest BCUT2D eigenvalue weighted by Crippen LogP contribution is 2.35. The van der Waals surface area contributed by atoms with E-state index >= 15 is 0 Å². The molecule has 0 bridgehead atoms. The number of benzene rings is 1. The third-order valence-electron chi connectivity index (χ3n) is 7.12. The second kappa shape index (κ2) is 10.3. The Hall–Kier alpha value is -2.71. The van der Waals surface area contributed by atoms with E-state index in [1.807, 2.05) is 45.5 Å². The minimum atomic E-state index is -0.480. The Morgan fingerprint density at radius 2 is 1.76 bits per heavy atom. The lowest BCUT2D eigenvalue weighted by Crippen LogP contribution is -2.53. The lowest BCUT2D eigenvalue weighted by molar-refractivity contribution is -0.144. The fraction of sp³-hybridized carbons (Fsp3) is 0.500. The van der Waals surface area contributed by atoms with Crippen molar-refractivity contribution in [2.24, 2.45) is 5.92 Å². The van der Waals surface area contributed by atoms with Crippen LogP contribution in [0.4, 0.5) is 0 Å². The zero-order valence-electron chi connectivity index (χ0n) is 19.4. The van der Waals surface area contributed by atoms with Crippen molar-refractivity contribution in [2.75, 3.05) is 39.3 Å². The van der Waals surface area contributed by atoms with Crippen molar-refractivity contribution in [3.05, 3.63) is 58.3 Å². The summed E-state index contributed by atoms with van der Waals surface area (Å²) in [5.74, 6) is 0.153. The van der Waals surface area contributed by atoms with Gasteiger partial charge in [0.25, 0.3) is 5.91 Å². The minimum Gasteiger partial charge on any atom is -0.338 e. The predicted octanol–water partition coefficient (Wildman–Crippen LogP) is 2.24. The monoisotopic (exact) mass is 480 g/mol. The van der Waals surface area contributed by atoms with Gasteiger partial charge >= 0.3 is 0 Å². The van der Waals surface area contributed by atoms with E-state index < -0.39 is 6.04 Å². The van der Waals surface area contributed by atoms with Crippen LogP contribution in [0.25, 0.3) is 0 Å². The summed E-state index contributed by atoms with van der Waals surface area (Å²) in [4.78, 5) is 46.5. The molecule has 5 rings (SSSR count). The predicted molar refractivity (Wildman–Crippen MR) is 132 cm³/mol. The van der Waals surface area contributed by atoms with Gasteiger partial charge in [0.1, 0.15) is 6.04 Å². The van der Waals surface area contributed by atoms with E-state index in [2.05, 4.69) is 17.4 Å². The summed E-state index contributed by atoms with van der Waals surface area (Å²) in [6, 6.07) is 13.2. The number of hydrogen-bond donors (Lipinski definition) is 1. The maximum atomic E-state index is 13.5. The molecule has 1 aromatic heterocycles. The first-order chi connectivity index (χ1) is 16.6. The number of nitrogens with one attached hydrogen (secondary N) is 1. The molecule has 3 fully saturated rings. The molecule has 34 heavy (non-hydrogen) atoms. The van der Waals surface area contributed by atoms with Crippen LogP contribution in [0.5, 0.6) is 0 Å². The van der Waals surface area contributed by atoms with Gasteiger partial charge in [0.2, 0.25) is 11.8 Å². The maximum Gasteiger partial charge on any atom is 0.264 e. The number of carbonyl (C=O) groups is 3. The van der Waals surface area contributed by atoms with Crippen molar-refractivity contribution >= 4 is 29.1 Å². The van der Waals surface area contributed by atoms with Crippen molar-refractivity contribution in [2.45, 2.75) is 37.8 Å². The number of likely N-dealkylation sites (tertiary alicyclic amines) is 1. The van der Waals surface area contributed by atoms with Gasteiger partial charge in [-0.25, -0.2) is 0 Å². The first kappa shape index (κ1) is 23.1. The lowest BCUT2D eigenvalue weighted by atomic mass is 10.1. The van der Waals surface area contributed by atoms with Gasteiger partial charge in [0.05, 0.1) is 10.9 Å². The first-order valence-electron chi connectivity index (χ1n) is 12.3. The van der Waals surface area contributed by atoms with Crippen LogP contribution in [-0.4, -0.2) is 83.8 Å². The van der Waals surface area contributed by atoms with Crippen LogP contribution in [-0.2, 0) is 16.0 Å². The summed E-state index contributed by atoms with van der Waals surface area (Å²) in [6.45, 7) is 3.88. The van der Waals surface area contributed by atoms with E-state index in [4.69, 9.17) is 0 Å². The Bertz CT molecular complexity index is 1000. The van der Waals surface area contributed by atoms with Gasteiger partial charge in [-0.2, -0.15) is 0 Å². The SMILES string of the molecule is O=C(C1CC(N(CCc2ccccc2)C(=O)c2cccs2)CN1C(=O)C1CC1)N1CCNCC1. The maximum absolute atomic E-state index is 13.5. The van der Waals surface area contributed by atoms with Crippen molar-refractivity contribution in [1.29, 1.82) is 0 Å². The zero-order valence-corrected chi connectivity index (χ0v) is 20.2. The molecule has 1 saturated carbocycles. The van der Waals surface area contributed by atoms with E-state index in [1.165, 1.54) is 16.9 Å². The number of carbonyl (C=O) groups excluding carboxylic acids is 3. The van der Waals surface area contributed by atoms with Crippen molar-refractivity contribution < 1.29 is 14.4 Å². The van der Waals surface area contributed by atoms with Crippen LogP contribution in [0.1, 0.15) is 34.5 Å². The molecule has 2 atom stereocenters. The lowest BCUT2D eigenvalue weighted by Gasteiger charge is -2.32. The van der Waals surface area contributed by atoms with Crippen LogP contribution in [0.2, 0.25) is 0 Å². The van der Waals surface area contributed by atoms with E-state index in [1.54, 1.807) is 4.90 Å². The Morgan fingerprint density at radius 3 is 2.44 bits per heavy atom. The summed E-state index contributed by atoms with van der Waals surface area (Å²) in [7, 11) is 0. The molecular formula is C26H32N4O3S. The van der Waals surface area contributed by atoms with Gasteiger partial charge in [-0.3, -0.25) is 14.4 Å². The Morgan fingerprint density at radius 1 is 1.00 bits per heavy atom. The Kier molecular flexibility index (Phi) is 6.97. The summed E-state index contributed by atoms with van der Waals surface area (Å²) in [6.07, 6.45) is 3.05. The first-order valence-corrected chi connectivity index (χ1v) is 13.2. The molecule has 1 N–H and O–H groups in total. The molecule has 8 heteroatoms. The molecule has 0 spiro atoms. The molecular weight excluding hydrogens is 448 g/mol. The topological polar surface area (TPSA) is 73.0 Å². The standard InChI is InChI=1S/C26H32N4O3S/c31-24(20-8-9-20)30-18-21(17-22(30)25(32)28-14-11-27-12-15-28)29(26(33)23-7-4-16-34-23)13-10-19-5-2-1-3-6-19/h1-7,16,20-22,27H,8-15,17-18H2. The summed E-state index contributed by atoms with van der Waals surface area (Å²) < 4.78 is 0. The average Bonchev–Trinajstić information content (AvgIpc) is 3.40. The second-order valence-corrected chi connectivity index (χ2v) is 10.4. The van der Waals surface area contributed by atoms with E-state index in [0.717, 1.165) is 32.4 Å². The molecule has 1 aromatic carbocycles. The van der Waals surface area contributed by atoms with Gasteiger partial charge in [0.15, 0.2) is 0 Å². The van der Waals surface area contributed by atoms with Gasteiger partial charge in [-0.1, -0.05) is 36.4 Å². The van der Waals surface area contributed by atoms with Gasteiger partial charge in [-0.15, -0.1) is 11.3 Å². The van der Waals surface area contributed by atoms with Gasteiger partial charge in [-0.05, 0) is 42.7 Å². The zero-order chi connectivity index (χ0) is 23.5. The molecule has 180 valence electrons. The molecule has 1 aliphatic carbocycles. The smallest absolute Gasteiger partial charge is 0.264 e. The van der Waals surface area contributed by atoms with Crippen LogP contribution in [0, 0.1) is 5.92 Å². The average molecular weight is 481 g/mol. The number of piperazine rings is 1. The largest absolute Gasteiger partial charge is 0.338 e. The van der Waals surface area contributed by atoms with E-state index in [0.29, 0.717) is 37.5 Å². The summed E-state index contributed by atoms with van der Waals surface area (Å²) in [5.41, 5.74) is 1.17. The van der Waals surface area contributed by atoms with Crippen molar-refractivity contribution in [1.82, 2.24) is 20.0 Å². The summed E-state index contributed by atoms with van der Waals surface area (Å²) >= 11 is 1.44. The molecule has 2 aliphatic heterocycles. The highest BCUT2D eigenvalue weighted by Gasteiger charge is 2.47. The molecule has 7 nitrogen and oxygen atoms in total. The quantitative estimate of drug-likeness (QED) is 0.660. The Labute approximate surface area is 204 Å². The Balaban J connectivity index is 1.38. The van der Waals surface area contributed by atoms with Crippen LogP contribution in [0.3, 0.4) is 0 Å². The number of thiophene rings is 1. The molecule has 2 saturated heterocycles. The van der Waals surface area contributed by atoms with Crippen LogP contribution >= 0.6 is 11.3 Å². The third-order valence-corrected chi connectivity index (χ3v) is 7.98. The van der Waals surface area contributed by atoms with Crippen molar-refractivity contribution in [3.63, 3.8) is 0 Å². The molecule has 3 amide bonds. The molecule has 2 unspecified atom stereocenters.